The molecule has 2 rings (SSSR count). The first-order chi connectivity index (χ1) is 10.2. The number of hydrogen-bond acceptors (Lipinski definition) is 7. The molecular weight excluding hydrogens is 284 g/mol. The van der Waals surface area contributed by atoms with Crippen molar-refractivity contribution in [3.05, 3.63) is 0 Å². The third kappa shape index (κ3) is 3.70. The minimum absolute atomic E-state index is 0.363. The van der Waals surface area contributed by atoms with Gasteiger partial charge in [-0.15, -0.1) is 0 Å². The van der Waals surface area contributed by atoms with E-state index in [4.69, 9.17) is 0 Å². The Kier molecular flexibility index (Phi) is 5.50. The van der Waals surface area contributed by atoms with E-state index in [0.29, 0.717) is 16.6 Å². The molecule has 1 heterocycles. The van der Waals surface area contributed by atoms with Gasteiger partial charge in [0.25, 0.3) is 0 Å². The Balaban J connectivity index is 2.12. The van der Waals surface area contributed by atoms with E-state index in [9.17, 15) is 0 Å². The first kappa shape index (κ1) is 16.1. The monoisotopic (exact) mass is 310 g/mol. The minimum atomic E-state index is 0.363. The highest BCUT2D eigenvalue weighted by Gasteiger charge is 2.36. The van der Waals surface area contributed by atoms with Crippen molar-refractivity contribution >= 4 is 29.6 Å². The maximum absolute atomic E-state index is 4.56. The number of rotatable bonds is 8. The summed E-state index contributed by atoms with van der Waals surface area (Å²) in [6, 6.07) is 0. The zero-order valence-electron chi connectivity index (χ0n) is 13.4. The third-order valence-corrected chi connectivity index (χ3v) is 5.58. The Morgan fingerprint density at radius 2 is 1.81 bits per heavy atom. The van der Waals surface area contributed by atoms with E-state index >= 15 is 0 Å². The molecule has 118 valence electrons. The van der Waals surface area contributed by atoms with E-state index in [1.807, 2.05) is 18.8 Å². The predicted octanol–water partition coefficient (Wildman–Crippen LogP) is 2.46. The number of anilines is 3. The Hall–Kier alpha value is -1.24. The molecule has 21 heavy (non-hydrogen) atoms. The van der Waals surface area contributed by atoms with Crippen LogP contribution in [0.2, 0.25) is 0 Å². The summed E-state index contributed by atoms with van der Waals surface area (Å²) < 4.78 is 0.363. The molecule has 1 fully saturated rings. The van der Waals surface area contributed by atoms with Crippen LogP contribution in [0.4, 0.5) is 17.8 Å². The molecule has 1 aliphatic rings. The second-order valence-corrected chi connectivity index (χ2v) is 6.57. The number of hydrogen-bond donors (Lipinski definition) is 2. The second kappa shape index (κ2) is 7.15. The van der Waals surface area contributed by atoms with Crippen molar-refractivity contribution in [3.8, 4) is 0 Å². The Morgan fingerprint density at radius 3 is 2.29 bits per heavy atom. The first-order valence-electron chi connectivity index (χ1n) is 7.64. The van der Waals surface area contributed by atoms with Crippen LogP contribution >= 0.6 is 11.8 Å². The third-order valence-electron chi connectivity index (χ3n) is 4.16. The maximum Gasteiger partial charge on any atom is 0.231 e. The number of thioether (sulfide) groups is 1. The van der Waals surface area contributed by atoms with Gasteiger partial charge in [0.15, 0.2) is 0 Å². The molecule has 1 saturated carbocycles. The predicted molar refractivity (Wildman–Crippen MR) is 91.5 cm³/mol. The van der Waals surface area contributed by atoms with Gasteiger partial charge in [-0.3, -0.25) is 0 Å². The summed E-state index contributed by atoms with van der Waals surface area (Å²) in [7, 11) is 1.83. The van der Waals surface area contributed by atoms with Crippen molar-refractivity contribution < 1.29 is 0 Å². The summed E-state index contributed by atoms with van der Waals surface area (Å²) in [5, 5.41) is 6.42. The smallest absolute Gasteiger partial charge is 0.231 e. The summed E-state index contributed by atoms with van der Waals surface area (Å²) in [6.07, 6.45) is 6.06. The van der Waals surface area contributed by atoms with Crippen LogP contribution in [0.3, 0.4) is 0 Å². The van der Waals surface area contributed by atoms with Crippen molar-refractivity contribution in [2.45, 2.75) is 37.9 Å². The van der Waals surface area contributed by atoms with Gasteiger partial charge in [-0.05, 0) is 32.9 Å². The fraction of sp³-hybridized carbons (Fsp3) is 0.786. The van der Waals surface area contributed by atoms with E-state index in [1.54, 1.807) is 0 Å². The fourth-order valence-electron chi connectivity index (χ4n) is 2.47. The van der Waals surface area contributed by atoms with Gasteiger partial charge >= 0.3 is 0 Å². The summed E-state index contributed by atoms with van der Waals surface area (Å²) in [5.41, 5.74) is 0. The van der Waals surface area contributed by atoms with Crippen molar-refractivity contribution in [3.63, 3.8) is 0 Å². The van der Waals surface area contributed by atoms with Crippen molar-refractivity contribution in [1.29, 1.82) is 0 Å². The molecule has 6 nitrogen and oxygen atoms in total. The quantitative estimate of drug-likeness (QED) is 0.764. The highest BCUT2D eigenvalue weighted by Crippen LogP contribution is 2.42. The standard InChI is InChI=1S/C14H26N6S/c1-5-20(6-2)13-18-11(15-3)17-12(19-13)16-10-14(21-4)8-7-9-14/h5-10H2,1-4H3,(H2,15,16,17,18,19). The van der Waals surface area contributed by atoms with Crippen LogP contribution in [0, 0.1) is 0 Å². The van der Waals surface area contributed by atoms with E-state index in [0.717, 1.165) is 25.6 Å². The molecule has 0 aromatic carbocycles. The van der Waals surface area contributed by atoms with E-state index in [2.05, 4.69) is 50.6 Å². The van der Waals surface area contributed by atoms with Crippen LogP contribution in [0.15, 0.2) is 0 Å². The molecule has 0 unspecified atom stereocenters. The number of nitrogens with zero attached hydrogens (tertiary/aromatic N) is 4. The zero-order valence-corrected chi connectivity index (χ0v) is 14.3. The van der Waals surface area contributed by atoms with Gasteiger partial charge in [0, 0.05) is 31.4 Å². The Labute approximate surface area is 131 Å². The van der Waals surface area contributed by atoms with Crippen molar-refractivity contribution in [2.75, 3.05) is 48.5 Å². The maximum atomic E-state index is 4.56. The summed E-state index contributed by atoms with van der Waals surface area (Å²) >= 11 is 1.95. The van der Waals surface area contributed by atoms with Gasteiger partial charge in [-0.2, -0.15) is 26.7 Å². The number of aromatic nitrogens is 3. The zero-order chi connectivity index (χ0) is 15.3. The lowest BCUT2D eigenvalue weighted by atomic mass is 9.84. The van der Waals surface area contributed by atoms with Gasteiger partial charge in [0.05, 0.1) is 0 Å². The Bertz CT molecular complexity index is 453. The minimum Gasteiger partial charge on any atom is -0.357 e. The topological polar surface area (TPSA) is 66.0 Å². The molecule has 1 aromatic heterocycles. The summed E-state index contributed by atoms with van der Waals surface area (Å²) in [5.74, 6) is 2.01. The van der Waals surface area contributed by atoms with Crippen molar-refractivity contribution in [1.82, 2.24) is 15.0 Å². The Morgan fingerprint density at radius 1 is 1.14 bits per heavy atom. The van der Waals surface area contributed by atoms with Gasteiger partial charge in [0.1, 0.15) is 0 Å². The number of nitrogens with one attached hydrogen (secondary N) is 2. The van der Waals surface area contributed by atoms with Crippen LogP contribution in [-0.4, -0.2) is 52.6 Å². The first-order valence-corrected chi connectivity index (χ1v) is 8.86. The highest BCUT2D eigenvalue weighted by atomic mass is 32.2. The molecule has 1 aromatic rings. The average Bonchev–Trinajstić information content (AvgIpc) is 2.47. The molecule has 0 aliphatic heterocycles. The molecule has 0 spiro atoms. The normalized spacial score (nSPS) is 16.2. The van der Waals surface area contributed by atoms with Gasteiger partial charge in [-0.1, -0.05) is 6.42 Å². The highest BCUT2D eigenvalue weighted by molar-refractivity contribution is 8.00. The fourth-order valence-corrected chi connectivity index (χ4v) is 3.38. The average molecular weight is 310 g/mol. The lowest BCUT2D eigenvalue weighted by Crippen LogP contribution is -2.40. The van der Waals surface area contributed by atoms with Gasteiger partial charge in [0.2, 0.25) is 17.8 Å². The molecule has 0 bridgehead atoms. The van der Waals surface area contributed by atoms with Gasteiger partial charge < -0.3 is 15.5 Å². The van der Waals surface area contributed by atoms with Crippen LogP contribution < -0.4 is 15.5 Å². The molecular formula is C14H26N6S. The van der Waals surface area contributed by atoms with E-state index in [-0.39, 0.29) is 0 Å². The van der Waals surface area contributed by atoms with Gasteiger partial charge in [-0.25, -0.2) is 0 Å². The molecule has 0 saturated heterocycles. The lowest BCUT2D eigenvalue weighted by Gasteiger charge is -2.40. The molecule has 0 atom stereocenters. The van der Waals surface area contributed by atoms with Crippen LogP contribution in [0.5, 0.6) is 0 Å². The second-order valence-electron chi connectivity index (χ2n) is 5.30. The summed E-state index contributed by atoms with van der Waals surface area (Å²) in [4.78, 5) is 15.5. The lowest BCUT2D eigenvalue weighted by molar-refractivity contribution is 0.379. The van der Waals surface area contributed by atoms with Crippen LogP contribution in [0.1, 0.15) is 33.1 Å². The molecule has 7 heteroatoms. The van der Waals surface area contributed by atoms with Crippen LogP contribution in [-0.2, 0) is 0 Å². The van der Waals surface area contributed by atoms with E-state index < -0.39 is 0 Å². The SMILES string of the molecule is CCN(CC)c1nc(NC)nc(NCC2(SC)CCC2)n1. The molecule has 0 radical (unpaired) electrons. The molecule has 2 N–H and O–H groups in total. The molecule has 0 amide bonds. The van der Waals surface area contributed by atoms with Crippen molar-refractivity contribution in [2.24, 2.45) is 0 Å². The molecule has 1 aliphatic carbocycles. The summed E-state index contributed by atoms with van der Waals surface area (Å²) in [6.45, 7) is 6.90. The van der Waals surface area contributed by atoms with E-state index in [1.165, 1.54) is 19.3 Å². The van der Waals surface area contributed by atoms with Crippen LogP contribution in [0.25, 0.3) is 0 Å². The largest absolute Gasteiger partial charge is 0.357 e.